The molecule has 1 heterocycles. The van der Waals surface area contributed by atoms with Crippen molar-refractivity contribution in [1.29, 1.82) is 0 Å². The molecule has 82 valence electrons. The van der Waals surface area contributed by atoms with E-state index >= 15 is 0 Å². The van der Waals surface area contributed by atoms with E-state index < -0.39 is 11.4 Å². The molecule has 1 aromatic carbocycles. The monoisotopic (exact) mass is 283 g/mol. The van der Waals surface area contributed by atoms with E-state index in [2.05, 4.69) is 21.0 Å². The number of aromatic nitrogens is 2. The van der Waals surface area contributed by atoms with E-state index in [0.29, 0.717) is 11.4 Å². The Morgan fingerprint density at radius 1 is 1.31 bits per heavy atom. The first-order chi connectivity index (χ1) is 7.59. The maximum Gasteiger partial charge on any atom is 0.288 e. The zero-order valence-electron chi connectivity index (χ0n) is 8.02. The second-order valence-electron chi connectivity index (χ2n) is 3.11. The fourth-order valence-electron chi connectivity index (χ4n) is 1.21. The number of nitrogens with two attached hydrogens (primary N) is 1. The zero-order chi connectivity index (χ0) is 11.7. The van der Waals surface area contributed by atoms with Gasteiger partial charge in [-0.2, -0.15) is 9.78 Å². The third-order valence-electron chi connectivity index (χ3n) is 2.01. The quantitative estimate of drug-likeness (QED) is 0.811. The summed E-state index contributed by atoms with van der Waals surface area (Å²) < 4.78 is 13.9. The van der Waals surface area contributed by atoms with Gasteiger partial charge in [-0.25, -0.2) is 4.39 Å². The molecule has 0 spiro atoms. The molecular formula is C10H7BrFN3O. The van der Waals surface area contributed by atoms with Crippen LogP contribution >= 0.6 is 15.9 Å². The van der Waals surface area contributed by atoms with Crippen LogP contribution in [0.4, 0.5) is 10.1 Å². The number of hydrogen-bond acceptors (Lipinski definition) is 3. The highest BCUT2D eigenvalue weighted by Gasteiger charge is 2.09. The average Bonchev–Trinajstić information content (AvgIpc) is 2.28. The lowest BCUT2D eigenvalue weighted by molar-refractivity contribution is 0.592. The van der Waals surface area contributed by atoms with Crippen LogP contribution < -0.4 is 11.3 Å². The molecule has 16 heavy (non-hydrogen) atoms. The van der Waals surface area contributed by atoms with Gasteiger partial charge in [-0.15, -0.1) is 0 Å². The lowest BCUT2D eigenvalue weighted by atomic mass is 10.3. The van der Waals surface area contributed by atoms with Crippen molar-refractivity contribution in [2.24, 2.45) is 0 Å². The van der Waals surface area contributed by atoms with Crippen LogP contribution in [0.15, 0.2) is 39.7 Å². The molecule has 2 aromatic rings. The van der Waals surface area contributed by atoms with Crippen LogP contribution in [0, 0.1) is 5.82 Å². The third kappa shape index (κ3) is 1.83. The first-order valence-corrected chi connectivity index (χ1v) is 5.18. The first kappa shape index (κ1) is 10.8. The predicted molar refractivity (Wildman–Crippen MR) is 61.9 cm³/mol. The van der Waals surface area contributed by atoms with Crippen LogP contribution in [0.5, 0.6) is 0 Å². The van der Waals surface area contributed by atoms with E-state index in [0.717, 1.165) is 10.9 Å². The first-order valence-electron chi connectivity index (χ1n) is 4.39. The van der Waals surface area contributed by atoms with Gasteiger partial charge in [0.2, 0.25) is 0 Å². The Morgan fingerprint density at radius 3 is 2.56 bits per heavy atom. The number of benzene rings is 1. The molecule has 0 radical (unpaired) electrons. The van der Waals surface area contributed by atoms with Crippen LogP contribution in [0.3, 0.4) is 0 Å². The highest BCUT2D eigenvalue weighted by Crippen LogP contribution is 2.11. The number of nitrogen functional groups attached to an aromatic ring is 1. The van der Waals surface area contributed by atoms with Gasteiger partial charge in [0.1, 0.15) is 4.47 Å². The van der Waals surface area contributed by atoms with Gasteiger partial charge in [-0.05, 0) is 40.2 Å². The van der Waals surface area contributed by atoms with E-state index in [9.17, 15) is 9.18 Å². The zero-order valence-corrected chi connectivity index (χ0v) is 9.61. The summed E-state index contributed by atoms with van der Waals surface area (Å²) in [7, 11) is 0. The molecule has 0 amide bonds. The van der Waals surface area contributed by atoms with Gasteiger partial charge in [0.05, 0.1) is 11.9 Å². The van der Waals surface area contributed by atoms with Gasteiger partial charge in [-0.1, -0.05) is 0 Å². The fraction of sp³-hybridized carbons (Fsp3) is 0. The molecule has 0 saturated heterocycles. The highest BCUT2D eigenvalue weighted by atomic mass is 79.9. The van der Waals surface area contributed by atoms with E-state index in [-0.39, 0.29) is 4.47 Å². The molecule has 0 unspecified atom stereocenters. The normalized spacial score (nSPS) is 10.4. The van der Waals surface area contributed by atoms with Crippen molar-refractivity contribution >= 4 is 21.6 Å². The summed E-state index contributed by atoms with van der Waals surface area (Å²) in [6.45, 7) is 0. The molecule has 0 saturated carbocycles. The van der Waals surface area contributed by atoms with Crippen LogP contribution in [0.25, 0.3) is 5.69 Å². The summed E-state index contributed by atoms with van der Waals surface area (Å²) in [4.78, 5) is 11.7. The molecule has 2 N–H and O–H groups in total. The Balaban J connectivity index is 2.61. The van der Waals surface area contributed by atoms with Crippen LogP contribution in [-0.4, -0.2) is 9.78 Å². The van der Waals surface area contributed by atoms with Gasteiger partial charge in [0, 0.05) is 5.69 Å². The Bertz CT molecular complexity index is 580. The molecule has 0 aliphatic carbocycles. The Hall–Kier alpha value is -1.69. The summed E-state index contributed by atoms with van der Waals surface area (Å²) >= 11 is 2.87. The van der Waals surface area contributed by atoms with Crippen molar-refractivity contribution in [3.8, 4) is 5.69 Å². The second-order valence-corrected chi connectivity index (χ2v) is 3.91. The molecule has 2 rings (SSSR count). The molecular weight excluding hydrogens is 277 g/mol. The van der Waals surface area contributed by atoms with E-state index in [1.165, 1.54) is 0 Å². The van der Waals surface area contributed by atoms with Crippen LogP contribution in [0.2, 0.25) is 0 Å². The summed E-state index contributed by atoms with van der Waals surface area (Å²) in [6.07, 6.45) is 0.974. The number of anilines is 1. The third-order valence-corrected chi connectivity index (χ3v) is 2.73. The van der Waals surface area contributed by atoms with Crippen molar-refractivity contribution in [2.45, 2.75) is 0 Å². The SMILES string of the molecule is Nc1ccc(-n2ncc(F)c(Br)c2=O)cc1. The van der Waals surface area contributed by atoms with Crippen molar-refractivity contribution in [3.63, 3.8) is 0 Å². The molecule has 0 aliphatic heterocycles. The second kappa shape index (κ2) is 4.05. The van der Waals surface area contributed by atoms with Gasteiger partial charge in [0.25, 0.3) is 5.56 Å². The lowest BCUT2D eigenvalue weighted by Crippen LogP contribution is -2.22. The largest absolute Gasteiger partial charge is 0.399 e. The summed E-state index contributed by atoms with van der Waals surface area (Å²) in [5.41, 5.74) is 6.08. The minimum Gasteiger partial charge on any atom is -0.399 e. The van der Waals surface area contributed by atoms with E-state index in [4.69, 9.17) is 5.73 Å². The van der Waals surface area contributed by atoms with Gasteiger partial charge in [-0.3, -0.25) is 4.79 Å². The van der Waals surface area contributed by atoms with Crippen molar-refractivity contribution in [1.82, 2.24) is 9.78 Å². The van der Waals surface area contributed by atoms with E-state index in [1.807, 2.05) is 0 Å². The summed E-state index contributed by atoms with van der Waals surface area (Å²) in [5.74, 6) is -0.684. The van der Waals surface area contributed by atoms with Crippen molar-refractivity contribution in [2.75, 3.05) is 5.73 Å². The van der Waals surface area contributed by atoms with Crippen molar-refractivity contribution < 1.29 is 4.39 Å². The van der Waals surface area contributed by atoms with Gasteiger partial charge < -0.3 is 5.73 Å². The maximum atomic E-state index is 13.0. The predicted octanol–water partition coefficient (Wildman–Crippen LogP) is 1.72. The smallest absolute Gasteiger partial charge is 0.288 e. The molecule has 0 bridgehead atoms. The molecule has 0 fully saturated rings. The topological polar surface area (TPSA) is 60.9 Å². The number of nitrogens with zero attached hydrogens (tertiary/aromatic N) is 2. The number of rotatable bonds is 1. The standard InChI is InChI=1S/C10H7BrFN3O/c11-9-8(12)5-14-15(10(9)16)7-3-1-6(13)2-4-7/h1-5H,13H2. The van der Waals surface area contributed by atoms with Gasteiger partial charge in [0.15, 0.2) is 5.82 Å². The molecule has 1 aromatic heterocycles. The highest BCUT2D eigenvalue weighted by molar-refractivity contribution is 9.10. The Labute approximate surface area is 98.6 Å². The van der Waals surface area contributed by atoms with Crippen LogP contribution in [-0.2, 0) is 0 Å². The maximum absolute atomic E-state index is 13.0. The Kier molecular flexibility index (Phi) is 2.74. The van der Waals surface area contributed by atoms with Gasteiger partial charge >= 0.3 is 0 Å². The van der Waals surface area contributed by atoms with Crippen molar-refractivity contribution in [3.05, 3.63) is 51.1 Å². The average molecular weight is 284 g/mol. The lowest BCUT2D eigenvalue weighted by Gasteiger charge is -2.04. The summed E-state index contributed by atoms with van der Waals surface area (Å²) in [5, 5.41) is 3.70. The van der Waals surface area contributed by atoms with E-state index in [1.54, 1.807) is 24.3 Å². The number of halogens is 2. The number of hydrogen-bond donors (Lipinski definition) is 1. The fourth-order valence-corrected chi connectivity index (χ4v) is 1.48. The molecule has 0 aliphatic rings. The minimum atomic E-state index is -0.684. The summed E-state index contributed by atoms with van der Waals surface area (Å²) in [6, 6.07) is 6.55. The molecule has 0 atom stereocenters. The molecule has 6 heteroatoms. The molecule has 4 nitrogen and oxygen atoms in total. The minimum absolute atomic E-state index is 0.140. The Morgan fingerprint density at radius 2 is 1.94 bits per heavy atom. The van der Waals surface area contributed by atoms with Crippen LogP contribution in [0.1, 0.15) is 0 Å².